The van der Waals surface area contributed by atoms with E-state index in [0.717, 1.165) is 0 Å². The van der Waals surface area contributed by atoms with Crippen LogP contribution in [0.4, 0.5) is 17.6 Å². The predicted molar refractivity (Wildman–Crippen MR) is 93.7 cm³/mol. The van der Waals surface area contributed by atoms with Crippen LogP contribution in [0.5, 0.6) is 0 Å². The van der Waals surface area contributed by atoms with Crippen molar-refractivity contribution in [2.24, 2.45) is 5.84 Å². The molecule has 3 aromatic rings. The number of rotatable bonds is 5. The highest BCUT2D eigenvalue weighted by Gasteiger charge is 2.44. The van der Waals surface area contributed by atoms with Gasteiger partial charge in [0.2, 0.25) is 5.95 Å². The molecule has 12 nitrogen and oxygen atoms in total. The number of imidazole rings is 1. The molecule has 4 atom stereocenters. The van der Waals surface area contributed by atoms with Crippen LogP contribution in [0.1, 0.15) is 6.23 Å². The summed E-state index contributed by atoms with van der Waals surface area (Å²) < 4.78 is 7.00. The number of hydrazine groups is 1. The van der Waals surface area contributed by atoms with Gasteiger partial charge in [-0.2, -0.15) is 9.97 Å². The van der Waals surface area contributed by atoms with Crippen molar-refractivity contribution in [3.05, 3.63) is 30.7 Å². The van der Waals surface area contributed by atoms with E-state index in [1.54, 1.807) is 18.3 Å². The van der Waals surface area contributed by atoms with Crippen molar-refractivity contribution < 1.29 is 20.1 Å². The second-order valence-corrected chi connectivity index (χ2v) is 5.93. The molecule has 1 aliphatic heterocycles. The summed E-state index contributed by atoms with van der Waals surface area (Å²) in [6, 6.07) is 5.35. The summed E-state index contributed by atoms with van der Waals surface area (Å²) in [5.41, 5.74) is 3.07. The molecule has 142 valence electrons. The summed E-state index contributed by atoms with van der Waals surface area (Å²) >= 11 is 0. The summed E-state index contributed by atoms with van der Waals surface area (Å²) in [5, 5.41) is 32.6. The molecule has 0 unspecified atom stereocenters. The van der Waals surface area contributed by atoms with Crippen LogP contribution >= 0.6 is 0 Å². The molecule has 0 aromatic carbocycles. The monoisotopic (exact) mass is 374 g/mol. The number of aromatic nitrogens is 5. The third kappa shape index (κ3) is 3.05. The largest absolute Gasteiger partial charge is 0.394 e. The first-order chi connectivity index (χ1) is 13.1. The van der Waals surface area contributed by atoms with Gasteiger partial charge in [0.1, 0.15) is 24.1 Å². The number of fused-ring (bicyclic) bond motifs is 1. The lowest BCUT2D eigenvalue weighted by atomic mass is 10.1. The predicted octanol–water partition coefficient (Wildman–Crippen LogP) is -1.14. The molecule has 7 N–H and O–H groups in total. The van der Waals surface area contributed by atoms with Crippen LogP contribution in [-0.2, 0) is 4.74 Å². The molecule has 0 aliphatic carbocycles. The lowest BCUT2D eigenvalue weighted by Crippen LogP contribution is -2.33. The summed E-state index contributed by atoms with van der Waals surface area (Å²) in [4.78, 5) is 17.0. The van der Waals surface area contributed by atoms with Crippen LogP contribution in [0.3, 0.4) is 0 Å². The van der Waals surface area contributed by atoms with Crippen molar-refractivity contribution in [3.63, 3.8) is 0 Å². The van der Waals surface area contributed by atoms with Crippen LogP contribution < -0.4 is 16.6 Å². The molecule has 4 rings (SSSR count). The summed E-state index contributed by atoms with van der Waals surface area (Å²) in [7, 11) is 0. The lowest BCUT2D eigenvalue weighted by molar-refractivity contribution is -0.0511. The van der Waals surface area contributed by atoms with Gasteiger partial charge in [-0.15, -0.1) is 0 Å². The van der Waals surface area contributed by atoms with Gasteiger partial charge in [0.15, 0.2) is 23.2 Å². The molecule has 27 heavy (non-hydrogen) atoms. The maximum atomic E-state index is 10.3. The zero-order chi connectivity index (χ0) is 19.0. The molecule has 1 aliphatic rings. The molecule has 12 heteroatoms. The molecule has 0 radical (unpaired) electrons. The number of hydrogen-bond acceptors (Lipinski definition) is 11. The Bertz CT molecular complexity index is 936. The molecular weight excluding hydrogens is 356 g/mol. The maximum absolute atomic E-state index is 10.3. The van der Waals surface area contributed by atoms with Crippen molar-refractivity contribution in [2.75, 3.05) is 17.3 Å². The Labute approximate surface area is 152 Å². The second kappa shape index (κ2) is 7.02. The number of pyridine rings is 1. The Kier molecular flexibility index (Phi) is 4.55. The van der Waals surface area contributed by atoms with Gasteiger partial charge < -0.3 is 25.4 Å². The Morgan fingerprint density at radius 3 is 2.70 bits per heavy atom. The molecular formula is C15H18N8O4. The molecule has 1 fully saturated rings. The number of nitrogens with zero attached hydrogens (tertiary/aromatic N) is 5. The normalized spacial score (nSPS) is 25.0. The third-order valence-electron chi connectivity index (χ3n) is 4.25. The van der Waals surface area contributed by atoms with Crippen LogP contribution in [0.2, 0.25) is 0 Å². The van der Waals surface area contributed by atoms with Gasteiger partial charge in [0.25, 0.3) is 0 Å². The van der Waals surface area contributed by atoms with Gasteiger partial charge >= 0.3 is 0 Å². The number of anilines is 3. The Morgan fingerprint density at radius 1 is 1.19 bits per heavy atom. The fraction of sp³-hybridized carbons (Fsp3) is 0.333. The summed E-state index contributed by atoms with van der Waals surface area (Å²) in [5.74, 6) is 6.46. The smallest absolute Gasteiger partial charge is 0.241 e. The van der Waals surface area contributed by atoms with E-state index >= 15 is 0 Å². The average molecular weight is 374 g/mol. The first-order valence-corrected chi connectivity index (χ1v) is 8.14. The minimum absolute atomic E-state index is 0.106. The van der Waals surface area contributed by atoms with Gasteiger partial charge in [0.05, 0.1) is 12.9 Å². The topological polar surface area (TPSA) is 176 Å². The quantitative estimate of drug-likeness (QED) is 0.235. The highest BCUT2D eigenvalue weighted by atomic mass is 16.6. The zero-order valence-corrected chi connectivity index (χ0v) is 14.0. The standard InChI is InChI=1S/C15H18N8O4/c16-22-15-20-12(19-8-3-1-2-4-17-8)9-13(21-15)23(6-18-9)14-11(26)10(25)7(5-24)27-14/h1-4,6-7,10-11,14,24-26H,5,16H2,(H2,17,19,20,21,22)/t7-,10-,11-,14-/m1/s1. The van der Waals surface area contributed by atoms with Gasteiger partial charge in [-0.25, -0.2) is 15.8 Å². The van der Waals surface area contributed by atoms with E-state index in [1.165, 1.54) is 10.9 Å². The van der Waals surface area contributed by atoms with Gasteiger partial charge in [-0.1, -0.05) is 6.07 Å². The lowest BCUT2D eigenvalue weighted by Gasteiger charge is -2.17. The summed E-state index contributed by atoms with van der Waals surface area (Å²) in [6.07, 6.45) is -1.37. The Morgan fingerprint density at radius 2 is 2.04 bits per heavy atom. The molecule has 4 heterocycles. The number of nitrogen functional groups attached to an aromatic ring is 1. The number of aliphatic hydroxyl groups is 3. The van der Waals surface area contributed by atoms with Crippen LogP contribution in [0.25, 0.3) is 11.2 Å². The van der Waals surface area contributed by atoms with Gasteiger partial charge in [0, 0.05) is 6.20 Å². The van der Waals surface area contributed by atoms with E-state index in [9.17, 15) is 15.3 Å². The first-order valence-electron chi connectivity index (χ1n) is 8.14. The number of aliphatic hydroxyl groups excluding tert-OH is 3. The fourth-order valence-electron chi connectivity index (χ4n) is 2.92. The minimum Gasteiger partial charge on any atom is -0.394 e. The van der Waals surface area contributed by atoms with Crippen molar-refractivity contribution in [1.29, 1.82) is 0 Å². The van der Waals surface area contributed by atoms with Crippen molar-refractivity contribution >= 4 is 28.7 Å². The average Bonchev–Trinajstić information content (AvgIpc) is 3.24. The molecule has 1 saturated heterocycles. The van der Waals surface area contributed by atoms with Crippen molar-refractivity contribution in [2.45, 2.75) is 24.5 Å². The van der Waals surface area contributed by atoms with E-state index in [-0.39, 0.29) is 5.95 Å². The molecule has 3 aromatic heterocycles. The van der Waals surface area contributed by atoms with Crippen molar-refractivity contribution in [1.82, 2.24) is 24.5 Å². The number of ether oxygens (including phenoxy) is 1. The second-order valence-electron chi connectivity index (χ2n) is 5.93. The Balaban J connectivity index is 1.77. The zero-order valence-electron chi connectivity index (χ0n) is 14.0. The third-order valence-corrected chi connectivity index (χ3v) is 4.25. The van der Waals surface area contributed by atoms with E-state index in [4.69, 9.17) is 10.6 Å². The molecule has 0 amide bonds. The van der Waals surface area contributed by atoms with Gasteiger partial charge in [-0.3, -0.25) is 9.99 Å². The van der Waals surface area contributed by atoms with E-state index in [1.807, 2.05) is 6.07 Å². The SMILES string of the molecule is NNc1nc(Nc2ccccn2)c2ncn([C@@H]3O[C@H](CO)[C@@H](O)[C@H]3O)c2n1. The van der Waals surface area contributed by atoms with Crippen molar-refractivity contribution in [3.8, 4) is 0 Å². The Hall–Kier alpha value is -2.90. The number of nitrogens with two attached hydrogens (primary N) is 1. The fourth-order valence-corrected chi connectivity index (χ4v) is 2.92. The van der Waals surface area contributed by atoms with Crippen LogP contribution in [-0.4, -0.2) is 64.7 Å². The van der Waals surface area contributed by atoms with E-state index in [0.29, 0.717) is 22.8 Å². The minimum atomic E-state index is -1.27. The van der Waals surface area contributed by atoms with Crippen LogP contribution in [0.15, 0.2) is 30.7 Å². The molecule has 0 spiro atoms. The van der Waals surface area contributed by atoms with Gasteiger partial charge in [-0.05, 0) is 12.1 Å². The summed E-state index contributed by atoms with van der Waals surface area (Å²) in [6.45, 7) is -0.432. The van der Waals surface area contributed by atoms with Crippen LogP contribution in [0, 0.1) is 0 Å². The van der Waals surface area contributed by atoms with E-state index in [2.05, 4.69) is 30.7 Å². The first kappa shape index (κ1) is 17.5. The number of nitrogens with one attached hydrogen (secondary N) is 2. The molecule has 0 saturated carbocycles. The highest BCUT2D eigenvalue weighted by molar-refractivity contribution is 5.86. The highest BCUT2D eigenvalue weighted by Crippen LogP contribution is 2.33. The maximum Gasteiger partial charge on any atom is 0.241 e. The van der Waals surface area contributed by atoms with E-state index < -0.39 is 31.1 Å². The number of hydrogen-bond donors (Lipinski definition) is 6. The molecule has 0 bridgehead atoms.